The highest BCUT2D eigenvalue weighted by atomic mass is 31.2. The molecule has 0 aliphatic carbocycles. The van der Waals surface area contributed by atoms with Crippen molar-refractivity contribution in [3.8, 4) is 0 Å². The lowest BCUT2D eigenvalue weighted by molar-refractivity contribution is -0.870. The van der Waals surface area contributed by atoms with Crippen molar-refractivity contribution in [3.63, 3.8) is 0 Å². The number of likely N-dealkylation sites (N-methyl/N-ethyl adjacent to an activating group) is 1. The molecule has 0 aliphatic heterocycles. The van der Waals surface area contributed by atoms with Gasteiger partial charge in [0.2, 0.25) is 5.91 Å². The predicted octanol–water partition coefficient (Wildman–Crippen LogP) is 12.1. The molecule has 0 rings (SSSR count). The van der Waals surface area contributed by atoms with Gasteiger partial charge in [-0.2, -0.15) is 0 Å². The number of aliphatic hydroxyl groups excluding tert-OH is 1. The fourth-order valence-corrected chi connectivity index (χ4v) is 6.70. The van der Waals surface area contributed by atoms with Crippen LogP contribution >= 0.6 is 7.82 Å². The van der Waals surface area contributed by atoms with E-state index in [-0.39, 0.29) is 19.1 Å². The van der Waals surface area contributed by atoms with Gasteiger partial charge in [0.15, 0.2) is 0 Å². The largest absolute Gasteiger partial charge is 0.472 e. The molecule has 0 saturated heterocycles. The minimum absolute atomic E-state index is 0.0527. The van der Waals surface area contributed by atoms with Gasteiger partial charge in [-0.1, -0.05) is 159 Å². The number of aliphatic hydroxyl groups is 1. The van der Waals surface area contributed by atoms with Crippen LogP contribution < -0.4 is 5.32 Å². The molecule has 0 saturated carbocycles. The first-order valence-electron chi connectivity index (χ1n) is 22.0. The first kappa shape index (κ1) is 52.5. The summed E-state index contributed by atoms with van der Waals surface area (Å²) in [5, 5.41) is 13.7. The van der Waals surface area contributed by atoms with Crippen LogP contribution in [-0.4, -0.2) is 73.4 Å². The van der Waals surface area contributed by atoms with Crippen molar-refractivity contribution in [1.82, 2.24) is 5.32 Å². The van der Waals surface area contributed by atoms with Crippen molar-refractivity contribution in [3.05, 3.63) is 48.6 Å². The summed E-state index contributed by atoms with van der Waals surface area (Å²) < 4.78 is 23.4. The zero-order valence-corrected chi connectivity index (χ0v) is 36.6. The standard InChI is InChI=1S/C45H85N2O6P/c1-6-8-10-12-14-16-17-18-19-20-21-22-23-24-25-26-27-28-29-31-33-35-37-39-45(49)46-43(42-53-54(50,51)52-41-40-47(3,4)5)44(48)38-36-34-32-30-15-13-11-9-7-2/h15,21-22,24-25,30,36,38,43-44,48H,6-14,16-20,23,26-29,31-35,37,39-42H2,1-5H3,(H-,46,49,50,51)/p+1/b22-21-,25-24-,30-15+,38-36+. The van der Waals surface area contributed by atoms with Crippen molar-refractivity contribution >= 4 is 13.7 Å². The number of allylic oxidation sites excluding steroid dienone is 7. The first-order chi connectivity index (χ1) is 26.0. The molecule has 0 heterocycles. The van der Waals surface area contributed by atoms with Gasteiger partial charge in [0.25, 0.3) is 0 Å². The third kappa shape index (κ3) is 38.7. The van der Waals surface area contributed by atoms with E-state index >= 15 is 0 Å². The molecule has 3 unspecified atom stereocenters. The van der Waals surface area contributed by atoms with E-state index in [0.717, 1.165) is 51.4 Å². The molecule has 0 spiro atoms. The number of rotatable bonds is 39. The lowest BCUT2D eigenvalue weighted by Crippen LogP contribution is -2.45. The Kier molecular flexibility index (Phi) is 36.0. The molecule has 0 aromatic rings. The second-order valence-corrected chi connectivity index (χ2v) is 17.5. The minimum atomic E-state index is -4.34. The molecule has 0 aliphatic rings. The van der Waals surface area contributed by atoms with Crippen molar-refractivity contribution < 1.29 is 32.9 Å². The molecule has 0 fully saturated rings. The number of phosphoric acid groups is 1. The molecule has 3 atom stereocenters. The number of hydrogen-bond acceptors (Lipinski definition) is 5. The van der Waals surface area contributed by atoms with Gasteiger partial charge in [0, 0.05) is 6.42 Å². The summed E-state index contributed by atoms with van der Waals surface area (Å²) in [6.07, 6.45) is 46.3. The normalized spacial score (nSPS) is 14.9. The summed E-state index contributed by atoms with van der Waals surface area (Å²) >= 11 is 0. The van der Waals surface area contributed by atoms with E-state index in [1.54, 1.807) is 6.08 Å². The average molecular weight is 782 g/mol. The van der Waals surface area contributed by atoms with E-state index in [9.17, 15) is 19.4 Å². The Bertz CT molecular complexity index is 1020. The summed E-state index contributed by atoms with van der Waals surface area (Å²) in [6, 6.07) is -0.865. The van der Waals surface area contributed by atoms with Crippen LogP contribution in [0.1, 0.15) is 181 Å². The third-order valence-electron chi connectivity index (χ3n) is 9.52. The molecule has 54 heavy (non-hydrogen) atoms. The molecular formula is C45H86N2O6P+. The minimum Gasteiger partial charge on any atom is -0.387 e. The van der Waals surface area contributed by atoms with Gasteiger partial charge in [0.05, 0.1) is 39.9 Å². The monoisotopic (exact) mass is 782 g/mol. The molecule has 316 valence electrons. The summed E-state index contributed by atoms with van der Waals surface area (Å²) in [6.45, 7) is 4.72. The molecule has 8 nitrogen and oxygen atoms in total. The Morgan fingerprint density at radius 2 is 1.07 bits per heavy atom. The second kappa shape index (κ2) is 37.1. The lowest BCUT2D eigenvalue weighted by atomic mass is 10.1. The van der Waals surface area contributed by atoms with Gasteiger partial charge in [0.1, 0.15) is 13.2 Å². The number of quaternary nitrogens is 1. The topological polar surface area (TPSA) is 105 Å². The molecule has 0 bridgehead atoms. The van der Waals surface area contributed by atoms with E-state index in [0.29, 0.717) is 17.4 Å². The fraction of sp³-hybridized carbons (Fsp3) is 0.800. The van der Waals surface area contributed by atoms with E-state index in [1.807, 2.05) is 27.2 Å². The van der Waals surface area contributed by atoms with Crippen molar-refractivity contribution in [2.24, 2.45) is 0 Å². The molecule has 0 radical (unpaired) electrons. The highest BCUT2D eigenvalue weighted by molar-refractivity contribution is 7.47. The van der Waals surface area contributed by atoms with Crippen LogP contribution in [0.15, 0.2) is 48.6 Å². The van der Waals surface area contributed by atoms with Crippen LogP contribution in [0.4, 0.5) is 0 Å². The quantitative estimate of drug-likeness (QED) is 0.0248. The highest BCUT2D eigenvalue weighted by Gasteiger charge is 2.27. The Hall–Kier alpha value is -1.54. The Morgan fingerprint density at radius 1 is 0.630 bits per heavy atom. The number of nitrogens with zero attached hydrogens (tertiary/aromatic N) is 1. The fourth-order valence-electron chi connectivity index (χ4n) is 5.97. The Balaban J connectivity index is 4.28. The number of unbranched alkanes of at least 4 members (excludes halogenated alkanes) is 20. The molecular weight excluding hydrogens is 695 g/mol. The van der Waals surface area contributed by atoms with E-state index in [4.69, 9.17) is 9.05 Å². The number of phosphoric ester groups is 1. The van der Waals surface area contributed by atoms with Crippen molar-refractivity contribution in [2.75, 3.05) is 40.9 Å². The maximum Gasteiger partial charge on any atom is 0.472 e. The maximum atomic E-state index is 12.8. The van der Waals surface area contributed by atoms with E-state index in [2.05, 4.69) is 55.6 Å². The SMILES string of the molecule is CCCCC/C=C/CC/C=C/C(O)C(COP(=O)(O)OCC[N+](C)(C)C)NC(=O)CCCCCCCCC/C=C\C/C=C\CCCCCCCCCCC. The number of amides is 1. The lowest BCUT2D eigenvalue weighted by Gasteiger charge is -2.25. The zero-order valence-electron chi connectivity index (χ0n) is 35.7. The van der Waals surface area contributed by atoms with Crippen molar-refractivity contribution in [1.29, 1.82) is 0 Å². The number of hydrogen-bond donors (Lipinski definition) is 3. The number of nitrogens with one attached hydrogen (secondary N) is 1. The van der Waals surface area contributed by atoms with Crippen LogP contribution in [0.5, 0.6) is 0 Å². The number of carbonyl (C=O) groups is 1. The Morgan fingerprint density at radius 3 is 1.63 bits per heavy atom. The summed E-state index contributed by atoms with van der Waals surface area (Å²) in [5.74, 6) is -0.199. The van der Waals surface area contributed by atoms with Gasteiger partial charge < -0.3 is 19.8 Å². The second-order valence-electron chi connectivity index (χ2n) is 16.1. The molecule has 1 amide bonds. The van der Waals surface area contributed by atoms with Crippen LogP contribution in [-0.2, 0) is 18.4 Å². The van der Waals surface area contributed by atoms with Crippen molar-refractivity contribution in [2.45, 2.75) is 193 Å². The van der Waals surface area contributed by atoms with Gasteiger partial charge >= 0.3 is 7.82 Å². The first-order valence-corrected chi connectivity index (χ1v) is 23.5. The summed E-state index contributed by atoms with van der Waals surface area (Å²) in [5.41, 5.74) is 0. The molecule has 9 heteroatoms. The van der Waals surface area contributed by atoms with Gasteiger partial charge in [-0.15, -0.1) is 0 Å². The molecule has 0 aromatic heterocycles. The number of carbonyl (C=O) groups excluding carboxylic acids is 1. The third-order valence-corrected chi connectivity index (χ3v) is 10.5. The smallest absolute Gasteiger partial charge is 0.387 e. The van der Waals surface area contributed by atoms with E-state index in [1.165, 1.54) is 109 Å². The van der Waals surface area contributed by atoms with Crippen LogP contribution in [0.2, 0.25) is 0 Å². The van der Waals surface area contributed by atoms with Crippen LogP contribution in [0.3, 0.4) is 0 Å². The van der Waals surface area contributed by atoms with Crippen LogP contribution in [0.25, 0.3) is 0 Å². The summed E-state index contributed by atoms with van der Waals surface area (Å²) in [7, 11) is 1.54. The van der Waals surface area contributed by atoms with Crippen LogP contribution in [0, 0.1) is 0 Å². The Labute approximate surface area is 333 Å². The van der Waals surface area contributed by atoms with Gasteiger partial charge in [-0.05, 0) is 64.2 Å². The molecule has 0 aromatic carbocycles. The zero-order chi connectivity index (χ0) is 40.0. The maximum absolute atomic E-state index is 12.8. The molecule has 3 N–H and O–H groups in total. The average Bonchev–Trinajstić information content (AvgIpc) is 3.12. The highest BCUT2D eigenvalue weighted by Crippen LogP contribution is 2.43. The van der Waals surface area contributed by atoms with Gasteiger partial charge in [-0.3, -0.25) is 13.8 Å². The van der Waals surface area contributed by atoms with E-state index < -0.39 is 20.0 Å². The van der Waals surface area contributed by atoms with Gasteiger partial charge in [-0.25, -0.2) is 4.57 Å². The predicted molar refractivity (Wildman–Crippen MR) is 231 cm³/mol. The summed E-state index contributed by atoms with van der Waals surface area (Å²) in [4.78, 5) is 23.0.